The van der Waals surface area contributed by atoms with Crippen molar-refractivity contribution in [2.45, 2.75) is 33.4 Å². The van der Waals surface area contributed by atoms with Crippen molar-refractivity contribution in [2.75, 3.05) is 18.5 Å². The largest absolute Gasteiger partial charge is 0.357 e. The van der Waals surface area contributed by atoms with E-state index >= 15 is 0 Å². The van der Waals surface area contributed by atoms with Crippen LogP contribution in [0.2, 0.25) is 0 Å². The molecule has 0 atom stereocenters. The molecule has 2 aromatic rings. The van der Waals surface area contributed by atoms with E-state index in [2.05, 4.69) is 67.3 Å². The number of pyridine rings is 1. The summed E-state index contributed by atoms with van der Waals surface area (Å²) >= 11 is 0. The highest BCUT2D eigenvalue weighted by molar-refractivity contribution is 5.94. The lowest BCUT2D eigenvalue weighted by molar-refractivity contribution is 0.724. The second-order valence-electron chi connectivity index (χ2n) is 5.14. The second kappa shape index (κ2) is 6.02. The number of rotatable bonds is 5. The normalized spacial score (nSPS) is 11.2. The highest BCUT2D eigenvalue weighted by Crippen LogP contribution is 2.27. The smallest absolute Gasteiger partial charge is 0.136 e. The standard InChI is InChI=1S/C16H23N3/c1-5-17-10-13-11-18-16(19(4)12(2)3)15-9-7-6-8-14(13)15/h6-9,11-12,17H,5,10H2,1-4H3. The quantitative estimate of drug-likeness (QED) is 0.891. The van der Waals surface area contributed by atoms with E-state index in [1.165, 1.54) is 16.3 Å². The van der Waals surface area contributed by atoms with E-state index < -0.39 is 0 Å². The Morgan fingerprint density at radius 3 is 2.53 bits per heavy atom. The lowest BCUT2D eigenvalue weighted by Crippen LogP contribution is -2.27. The van der Waals surface area contributed by atoms with Gasteiger partial charge >= 0.3 is 0 Å². The average Bonchev–Trinajstić information content (AvgIpc) is 2.43. The zero-order valence-electron chi connectivity index (χ0n) is 12.3. The first kappa shape index (κ1) is 13.8. The van der Waals surface area contributed by atoms with Gasteiger partial charge in [-0.2, -0.15) is 0 Å². The molecule has 3 heteroatoms. The van der Waals surface area contributed by atoms with Gasteiger partial charge in [0.25, 0.3) is 0 Å². The number of fused-ring (bicyclic) bond motifs is 1. The lowest BCUT2D eigenvalue weighted by Gasteiger charge is -2.24. The zero-order valence-corrected chi connectivity index (χ0v) is 12.3. The molecule has 0 spiro atoms. The van der Waals surface area contributed by atoms with Crippen molar-refractivity contribution in [3.8, 4) is 0 Å². The van der Waals surface area contributed by atoms with E-state index in [0.717, 1.165) is 18.9 Å². The third-order valence-electron chi connectivity index (χ3n) is 3.53. The van der Waals surface area contributed by atoms with Crippen LogP contribution in [0.4, 0.5) is 5.82 Å². The Kier molecular flexibility index (Phi) is 4.38. The van der Waals surface area contributed by atoms with Crippen molar-refractivity contribution in [1.29, 1.82) is 0 Å². The Morgan fingerprint density at radius 1 is 1.21 bits per heavy atom. The van der Waals surface area contributed by atoms with Gasteiger partial charge in [0, 0.05) is 31.2 Å². The Balaban J connectivity index is 2.51. The fourth-order valence-corrected chi connectivity index (χ4v) is 2.16. The third kappa shape index (κ3) is 2.87. The van der Waals surface area contributed by atoms with Crippen LogP contribution in [0.3, 0.4) is 0 Å². The van der Waals surface area contributed by atoms with Crippen LogP contribution in [0, 0.1) is 0 Å². The molecule has 1 aromatic carbocycles. The second-order valence-corrected chi connectivity index (χ2v) is 5.14. The molecule has 0 aliphatic carbocycles. The lowest BCUT2D eigenvalue weighted by atomic mass is 10.1. The summed E-state index contributed by atoms with van der Waals surface area (Å²) in [4.78, 5) is 6.89. The van der Waals surface area contributed by atoms with Gasteiger partial charge in [0.15, 0.2) is 0 Å². The van der Waals surface area contributed by atoms with Gasteiger partial charge in [-0.3, -0.25) is 0 Å². The summed E-state index contributed by atoms with van der Waals surface area (Å²) in [6.07, 6.45) is 2.00. The van der Waals surface area contributed by atoms with Crippen LogP contribution in [0.5, 0.6) is 0 Å². The SMILES string of the molecule is CCNCc1cnc(N(C)C(C)C)c2ccccc12. The highest BCUT2D eigenvalue weighted by atomic mass is 15.2. The highest BCUT2D eigenvalue weighted by Gasteiger charge is 2.12. The number of nitrogens with one attached hydrogen (secondary N) is 1. The molecule has 0 bridgehead atoms. The van der Waals surface area contributed by atoms with Gasteiger partial charge in [-0.15, -0.1) is 0 Å². The molecule has 0 aliphatic heterocycles. The van der Waals surface area contributed by atoms with Crippen molar-refractivity contribution in [2.24, 2.45) is 0 Å². The minimum Gasteiger partial charge on any atom is -0.357 e. The Hall–Kier alpha value is -1.61. The first-order chi connectivity index (χ1) is 9.15. The predicted molar refractivity (Wildman–Crippen MR) is 82.7 cm³/mol. The number of hydrogen-bond acceptors (Lipinski definition) is 3. The van der Waals surface area contributed by atoms with Crippen LogP contribution in [0.1, 0.15) is 26.3 Å². The monoisotopic (exact) mass is 257 g/mol. The topological polar surface area (TPSA) is 28.2 Å². The van der Waals surface area contributed by atoms with Crippen LogP contribution >= 0.6 is 0 Å². The van der Waals surface area contributed by atoms with Gasteiger partial charge in [-0.05, 0) is 31.3 Å². The molecule has 2 rings (SSSR count). The van der Waals surface area contributed by atoms with Crippen LogP contribution in [0.15, 0.2) is 30.5 Å². The molecular weight excluding hydrogens is 234 g/mol. The van der Waals surface area contributed by atoms with Gasteiger partial charge in [0.1, 0.15) is 5.82 Å². The Morgan fingerprint density at radius 2 is 1.89 bits per heavy atom. The van der Waals surface area contributed by atoms with Crippen molar-refractivity contribution in [3.05, 3.63) is 36.0 Å². The maximum Gasteiger partial charge on any atom is 0.136 e. The van der Waals surface area contributed by atoms with Crippen LogP contribution in [-0.2, 0) is 6.54 Å². The number of anilines is 1. The molecule has 19 heavy (non-hydrogen) atoms. The average molecular weight is 257 g/mol. The van der Waals surface area contributed by atoms with Crippen molar-refractivity contribution in [3.63, 3.8) is 0 Å². The number of benzene rings is 1. The number of nitrogens with zero attached hydrogens (tertiary/aromatic N) is 2. The molecule has 3 nitrogen and oxygen atoms in total. The maximum absolute atomic E-state index is 4.67. The number of hydrogen-bond donors (Lipinski definition) is 1. The molecule has 0 aliphatic rings. The minimum atomic E-state index is 0.440. The van der Waals surface area contributed by atoms with E-state index in [9.17, 15) is 0 Å². The van der Waals surface area contributed by atoms with Crippen molar-refractivity contribution in [1.82, 2.24) is 10.3 Å². The van der Waals surface area contributed by atoms with E-state index in [1.807, 2.05) is 6.20 Å². The maximum atomic E-state index is 4.67. The first-order valence-corrected chi connectivity index (χ1v) is 6.95. The molecule has 0 saturated carbocycles. The predicted octanol–water partition coefficient (Wildman–Crippen LogP) is 3.19. The molecular formula is C16H23N3. The van der Waals surface area contributed by atoms with Crippen LogP contribution in [-0.4, -0.2) is 24.6 Å². The van der Waals surface area contributed by atoms with Crippen LogP contribution < -0.4 is 10.2 Å². The van der Waals surface area contributed by atoms with Gasteiger partial charge in [0.2, 0.25) is 0 Å². The molecule has 1 N–H and O–H groups in total. The summed E-state index contributed by atoms with van der Waals surface area (Å²) in [5, 5.41) is 5.90. The molecule has 1 heterocycles. The summed E-state index contributed by atoms with van der Waals surface area (Å²) in [7, 11) is 2.10. The third-order valence-corrected chi connectivity index (χ3v) is 3.53. The summed E-state index contributed by atoms with van der Waals surface area (Å²) in [5.74, 6) is 1.06. The fourth-order valence-electron chi connectivity index (χ4n) is 2.16. The molecule has 0 saturated heterocycles. The molecule has 0 amide bonds. The fraction of sp³-hybridized carbons (Fsp3) is 0.438. The molecule has 0 unspecified atom stereocenters. The minimum absolute atomic E-state index is 0.440. The van der Waals surface area contributed by atoms with E-state index in [-0.39, 0.29) is 0 Å². The molecule has 0 fully saturated rings. The summed E-state index contributed by atoms with van der Waals surface area (Å²) in [5.41, 5.74) is 1.26. The van der Waals surface area contributed by atoms with Gasteiger partial charge in [0.05, 0.1) is 0 Å². The summed E-state index contributed by atoms with van der Waals surface area (Å²) in [6, 6.07) is 8.96. The number of aromatic nitrogens is 1. The Bertz CT molecular complexity index is 549. The van der Waals surface area contributed by atoms with E-state index in [0.29, 0.717) is 6.04 Å². The van der Waals surface area contributed by atoms with Crippen molar-refractivity contribution >= 4 is 16.6 Å². The van der Waals surface area contributed by atoms with Crippen LogP contribution in [0.25, 0.3) is 10.8 Å². The van der Waals surface area contributed by atoms with Gasteiger partial charge in [-0.1, -0.05) is 31.2 Å². The first-order valence-electron chi connectivity index (χ1n) is 6.95. The summed E-state index contributed by atoms with van der Waals surface area (Å²) in [6.45, 7) is 8.33. The molecule has 1 aromatic heterocycles. The summed E-state index contributed by atoms with van der Waals surface area (Å²) < 4.78 is 0. The van der Waals surface area contributed by atoms with E-state index in [4.69, 9.17) is 0 Å². The van der Waals surface area contributed by atoms with Crippen molar-refractivity contribution < 1.29 is 0 Å². The Labute approximate surface area is 115 Å². The molecule has 102 valence electrons. The van der Waals surface area contributed by atoms with E-state index in [1.54, 1.807) is 0 Å². The zero-order chi connectivity index (χ0) is 13.8. The van der Waals surface area contributed by atoms with Gasteiger partial charge < -0.3 is 10.2 Å². The van der Waals surface area contributed by atoms with Gasteiger partial charge in [-0.25, -0.2) is 4.98 Å². The molecule has 0 radical (unpaired) electrons.